The van der Waals surface area contributed by atoms with Gasteiger partial charge in [-0.2, -0.15) is 0 Å². The average Bonchev–Trinajstić information content (AvgIpc) is 2.08. The van der Waals surface area contributed by atoms with E-state index in [1.165, 1.54) is 11.1 Å². The van der Waals surface area contributed by atoms with Crippen LogP contribution >= 0.6 is 11.6 Å². The molecular weight excluding hydrogens is 190 g/mol. The van der Waals surface area contributed by atoms with Crippen LogP contribution in [0.25, 0.3) is 0 Å². The molecular formula is C8H10ClN3O. The van der Waals surface area contributed by atoms with Crippen LogP contribution < -0.4 is 5.32 Å². The molecule has 0 spiro atoms. The molecule has 0 saturated heterocycles. The maximum atomic E-state index is 11.2. The lowest BCUT2D eigenvalue weighted by Crippen LogP contribution is -2.27. The van der Waals surface area contributed by atoms with E-state index in [4.69, 9.17) is 11.6 Å². The molecule has 5 heteroatoms. The second-order valence-electron chi connectivity index (χ2n) is 2.69. The highest BCUT2D eigenvalue weighted by Crippen LogP contribution is 2.09. The predicted octanol–water partition coefficient (Wildman–Crippen LogP) is 1.83. The third-order valence-electron chi connectivity index (χ3n) is 1.38. The molecule has 70 valence electrons. The SMILES string of the molecule is CN(C)C(=O)Nc1ccc(Cl)nc1. The summed E-state index contributed by atoms with van der Waals surface area (Å²) >= 11 is 5.58. The van der Waals surface area contributed by atoms with E-state index in [0.29, 0.717) is 10.8 Å². The first-order chi connectivity index (χ1) is 6.09. The fourth-order valence-corrected chi connectivity index (χ4v) is 0.797. The van der Waals surface area contributed by atoms with Crippen molar-refractivity contribution in [2.24, 2.45) is 0 Å². The second-order valence-corrected chi connectivity index (χ2v) is 3.08. The Morgan fingerprint density at radius 3 is 2.69 bits per heavy atom. The number of nitrogens with one attached hydrogen (secondary N) is 1. The number of nitrogens with zero attached hydrogens (tertiary/aromatic N) is 2. The van der Waals surface area contributed by atoms with E-state index in [1.54, 1.807) is 26.2 Å². The molecule has 0 radical (unpaired) electrons. The number of pyridine rings is 1. The van der Waals surface area contributed by atoms with Crippen molar-refractivity contribution in [1.29, 1.82) is 0 Å². The minimum atomic E-state index is -0.191. The average molecular weight is 200 g/mol. The van der Waals surface area contributed by atoms with E-state index < -0.39 is 0 Å². The van der Waals surface area contributed by atoms with Gasteiger partial charge in [0.1, 0.15) is 5.15 Å². The molecule has 0 saturated carbocycles. The van der Waals surface area contributed by atoms with Gasteiger partial charge in [-0.3, -0.25) is 0 Å². The van der Waals surface area contributed by atoms with E-state index in [1.807, 2.05) is 0 Å². The predicted molar refractivity (Wildman–Crippen MR) is 52.0 cm³/mol. The second kappa shape index (κ2) is 4.09. The summed E-state index contributed by atoms with van der Waals surface area (Å²) < 4.78 is 0. The summed E-state index contributed by atoms with van der Waals surface area (Å²) in [5.41, 5.74) is 0.628. The number of halogens is 1. The topological polar surface area (TPSA) is 45.2 Å². The van der Waals surface area contributed by atoms with E-state index in [2.05, 4.69) is 10.3 Å². The lowest BCUT2D eigenvalue weighted by atomic mass is 10.4. The number of amides is 2. The number of urea groups is 1. The van der Waals surface area contributed by atoms with Crippen LogP contribution in [-0.4, -0.2) is 30.0 Å². The Balaban J connectivity index is 2.65. The highest BCUT2D eigenvalue weighted by molar-refractivity contribution is 6.29. The number of carbonyl (C=O) groups is 1. The van der Waals surface area contributed by atoms with Gasteiger partial charge < -0.3 is 10.2 Å². The van der Waals surface area contributed by atoms with Gasteiger partial charge in [0.2, 0.25) is 0 Å². The van der Waals surface area contributed by atoms with Crippen molar-refractivity contribution in [2.45, 2.75) is 0 Å². The normalized spacial score (nSPS) is 9.46. The van der Waals surface area contributed by atoms with Gasteiger partial charge in [-0.25, -0.2) is 9.78 Å². The maximum absolute atomic E-state index is 11.2. The first-order valence-electron chi connectivity index (χ1n) is 3.69. The highest BCUT2D eigenvalue weighted by Gasteiger charge is 2.02. The molecule has 1 heterocycles. The smallest absolute Gasteiger partial charge is 0.321 e. The number of aromatic nitrogens is 1. The standard InChI is InChI=1S/C8H10ClN3O/c1-12(2)8(13)11-6-3-4-7(9)10-5-6/h3-5H,1-2H3,(H,11,13). The maximum Gasteiger partial charge on any atom is 0.321 e. The molecule has 1 aromatic rings. The van der Waals surface area contributed by atoms with Gasteiger partial charge in [-0.15, -0.1) is 0 Å². The molecule has 4 nitrogen and oxygen atoms in total. The quantitative estimate of drug-likeness (QED) is 0.702. The van der Waals surface area contributed by atoms with E-state index in [9.17, 15) is 4.79 Å². The van der Waals surface area contributed by atoms with Crippen molar-refractivity contribution in [1.82, 2.24) is 9.88 Å². The highest BCUT2D eigenvalue weighted by atomic mass is 35.5. The van der Waals surface area contributed by atoms with Crippen LogP contribution in [0.1, 0.15) is 0 Å². The van der Waals surface area contributed by atoms with Gasteiger partial charge in [-0.05, 0) is 12.1 Å². The van der Waals surface area contributed by atoms with Crippen molar-refractivity contribution in [3.05, 3.63) is 23.5 Å². The lowest BCUT2D eigenvalue weighted by Gasteiger charge is -2.11. The van der Waals surface area contributed by atoms with Gasteiger partial charge in [0.05, 0.1) is 11.9 Å². The Hall–Kier alpha value is -1.29. The van der Waals surface area contributed by atoms with Crippen LogP contribution in [0.4, 0.5) is 10.5 Å². The Morgan fingerprint density at radius 1 is 1.54 bits per heavy atom. The van der Waals surface area contributed by atoms with E-state index in [0.717, 1.165) is 0 Å². The molecule has 1 rings (SSSR count). The largest absolute Gasteiger partial charge is 0.331 e. The van der Waals surface area contributed by atoms with Crippen molar-refractivity contribution in [2.75, 3.05) is 19.4 Å². The number of rotatable bonds is 1. The zero-order valence-electron chi connectivity index (χ0n) is 7.41. The Morgan fingerprint density at radius 2 is 2.23 bits per heavy atom. The summed E-state index contributed by atoms with van der Waals surface area (Å²) in [5, 5.41) is 3.04. The van der Waals surface area contributed by atoms with Gasteiger partial charge in [0, 0.05) is 14.1 Å². The van der Waals surface area contributed by atoms with Crippen LogP contribution in [-0.2, 0) is 0 Å². The summed E-state index contributed by atoms with van der Waals surface area (Å²) in [6.45, 7) is 0. The van der Waals surface area contributed by atoms with E-state index >= 15 is 0 Å². The summed E-state index contributed by atoms with van der Waals surface area (Å²) in [6, 6.07) is 3.12. The van der Waals surface area contributed by atoms with Crippen LogP contribution in [0.2, 0.25) is 5.15 Å². The molecule has 0 unspecified atom stereocenters. The minimum absolute atomic E-state index is 0.191. The molecule has 2 amide bonds. The molecule has 0 atom stereocenters. The Labute approximate surface area is 81.5 Å². The molecule has 0 aliphatic heterocycles. The van der Waals surface area contributed by atoms with Crippen LogP contribution in [0, 0.1) is 0 Å². The molecule has 0 fully saturated rings. The summed E-state index contributed by atoms with van der Waals surface area (Å²) in [7, 11) is 3.33. The fraction of sp³-hybridized carbons (Fsp3) is 0.250. The van der Waals surface area contributed by atoms with Crippen molar-refractivity contribution >= 4 is 23.3 Å². The summed E-state index contributed by atoms with van der Waals surface area (Å²) in [4.78, 5) is 16.4. The fourth-order valence-electron chi connectivity index (χ4n) is 0.685. The van der Waals surface area contributed by atoms with Gasteiger partial charge >= 0.3 is 6.03 Å². The van der Waals surface area contributed by atoms with Gasteiger partial charge in [-0.1, -0.05) is 11.6 Å². The number of hydrogen-bond donors (Lipinski definition) is 1. The molecule has 13 heavy (non-hydrogen) atoms. The Bertz CT molecular complexity index is 297. The molecule has 1 aromatic heterocycles. The van der Waals surface area contributed by atoms with Gasteiger partial charge in [0.25, 0.3) is 0 Å². The summed E-state index contributed by atoms with van der Waals surface area (Å²) in [6.07, 6.45) is 1.50. The number of anilines is 1. The zero-order chi connectivity index (χ0) is 9.84. The van der Waals surface area contributed by atoms with Crippen LogP contribution in [0.5, 0.6) is 0 Å². The lowest BCUT2D eigenvalue weighted by molar-refractivity contribution is 0.230. The molecule has 1 N–H and O–H groups in total. The Kier molecular flexibility index (Phi) is 3.08. The van der Waals surface area contributed by atoms with Crippen LogP contribution in [0.15, 0.2) is 18.3 Å². The zero-order valence-corrected chi connectivity index (χ0v) is 8.17. The summed E-state index contributed by atoms with van der Waals surface area (Å²) in [5.74, 6) is 0. The number of hydrogen-bond acceptors (Lipinski definition) is 2. The molecule has 0 aliphatic rings. The van der Waals surface area contributed by atoms with Crippen LogP contribution in [0.3, 0.4) is 0 Å². The monoisotopic (exact) mass is 199 g/mol. The first kappa shape index (κ1) is 9.80. The molecule has 0 aromatic carbocycles. The third kappa shape index (κ3) is 2.91. The van der Waals surface area contributed by atoms with Gasteiger partial charge in [0.15, 0.2) is 0 Å². The minimum Gasteiger partial charge on any atom is -0.331 e. The molecule has 0 bridgehead atoms. The number of carbonyl (C=O) groups excluding carboxylic acids is 1. The van der Waals surface area contributed by atoms with E-state index in [-0.39, 0.29) is 6.03 Å². The third-order valence-corrected chi connectivity index (χ3v) is 1.61. The first-order valence-corrected chi connectivity index (χ1v) is 4.07. The van der Waals surface area contributed by atoms with Crippen molar-refractivity contribution in [3.8, 4) is 0 Å². The van der Waals surface area contributed by atoms with Crippen molar-refractivity contribution < 1.29 is 4.79 Å². The van der Waals surface area contributed by atoms with Crippen molar-refractivity contribution in [3.63, 3.8) is 0 Å². The molecule has 0 aliphatic carbocycles.